The van der Waals surface area contributed by atoms with Crippen molar-refractivity contribution in [2.24, 2.45) is 0 Å². The van der Waals surface area contributed by atoms with E-state index in [0.717, 1.165) is 71.1 Å². The van der Waals surface area contributed by atoms with E-state index in [2.05, 4.69) is 25.3 Å². The molecule has 9 nitrogen and oxygen atoms in total. The zero-order chi connectivity index (χ0) is 26.9. The number of hydrogen-bond acceptors (Lipinski definition) is 4. The molecular formula is C27H51N6O3+. The highest BCUT2D eigenvalue weighted by atomic mass is 16.2. The molecule has 9 heteroatoms. The minimum absolute atomic E-state index is 0.000905. The van der Waals surface area contributed by atoms with Crippen LogP contribution in [0.5, 0.6) is 0 Å². The Balaban J connectivity index is 2.68. The quantitative estimate of drug-likeness (QED) is 0.269. The lowest BCUT2D eigenvalue weighted by molar-refractivity contribution is -0.696. The Morgan fingerprint density at radius 2 is 1.33 bits per heavy atom. The number of unbranched alkanes of at least 4 members (excludes halogenated alkanes) is 3. The minimum Gasteiger partial charge on any atom is -0.348 e. The fraction of sp³-hybridized carbons (Fsp3) is 0.778. The molecule has 0 unspecified atom stereocenters. The Bertz CT molecular complexity index is 771. The number of rotatable bonds is 19. The van der Waals surface area contributed by atoms with Crippen molar-refractivity contribution in [3.05, 3.63) is 18.7 Å². The molecule has 3 amide bonds. The van der Waals surface area contributed by atoms with Crippen LogP contribution in [-0.4, -0.2) is 102 Å². The number of aromatic nitrogens is 2. The summed E-state index contributed by atoms with van der Waals surface area (Å²) < 4.78 is 3.96. The Morgan fingerprint density at radius 1 is 0.750 bits per heavy atom. The monoisotopic (exact) mass is 507 g/mol. The molecule has 206 valence electrons. The average Bonchev–Trinajstić information content (AvgIpc) is 3.29. The first-order valence-electron chi connectivity index (χ1n) is 13.7. The molecular weight excluding hydrogens is 456 g/mol. The van der Waals surface area contributed by atoms with E-state index in [1.165, 1.54) is 0 Å². The summed E-state index contributed by atoms with van der Waals surface area (Å²) in [5, 5.41) is 0. The van der Waals surface area contributed by atoms with E-state index >= 15 is 0 Å². The lowest BCUT2D eigenvalue weighted by atomic mass is 10.2. The predicted octanol–water partition coefficient (Wildman–Crippen LogP) is 2.24. The Kier molecular flexibility index (Phi) is 15.7. The summed E-state index contributed by atoms with van der Waals surface area (Å²) >= 11 is 0. The number of imidazole rings is 1. The summed E-state index contributed by atoms with van der Waals surface area (Å²) in [5.41, 5.74) is 0. The van der Waals surface area contributed by atoms with E-state index in [1.807, 2.05) is 40.1 Å². The van der Waals surface area contributed by atoms with Gasteiger partial charge in [0.25, 0.3) is 5.91 Å². The molecule has 0 spiro atoms. The highest BCUT2D eigenvalue weighted by Crippen LogP contribution is 2.04. The third kappa shape index (κ3) is 12.5. The van der Waals surface area contributed by atoms with E-state index in [9.17, 15) is 14.4 Å². The molecule has 0 N–H and O–H groups in total. The molecule has 0 saturated heterocycles. The van der Waals surface area contributed by atoms with Crippen molar-refractivity contribution in [3.63, 3.8) is 0 Å². The molecule has 1 aromatic rings. The fourth-order valence-electron chi connectivity index (χ4n) is 3.84. The van der Waals surface area contributed by atoms with Crippen molar-refractivity contribution in [1.82, 2.24) is 24.2 Å². The maximum Gasteiger partial charge on any atom is 0.264 e. The van der Waals surface area contributed by atoms with Crippen molar-refractivity contribution in [3.8, 4) is 0 Å². The molecule has 1 heterocycles. The zero-order valence-corrected chi connectivity index (χ0v) is 23.7. The first-order valence-corrected chi connectivity index (χ1v) is 13.7. The molecule has 0 aliphatic rings. The van der Waals surface area contributed by atoms with Gasteiger partial charge in [-0.2, -0.15) is 0 Å². The van der Waals surface area contributed by atoms with Gasteiger partial charge in [-0.25, -0.2) is 9.13 Å². The number of carbonyl (C=O) groups is 3. The molecule has 0 saturated carbocycles. The average molecular weight is 508 g/mol. The first-order chi connectivity index (χ1) is 17.2. The van der Waals surface area contributed by atoms with E-state index in [0.29, 0.717) is 13.1 Å². The molecule has 0 atom stereocenters. The van der Waals surface area contributed by atoms with Gasteiger partial charge in [-0.05, 0) is 25.7 Å². The van der Waals surface area contributed by atoms with Crippen LogP contribution in [0.25, 0.3) is 0 Å². The summed E-state index contributed by atoms with van der Waals surface area (Å²) in [6, 6.07) is 0. The van der Waals surface area contributed by atoms with Gasteiger partial charge in [0.1, 0.15) is 12.4 Å². The van der Waals surface area contributed by atoms with Gasteiger partial charge in [-0.1, -0.05) is 40.0 Å². The highest BCUT2D eigenvalue weighted by molar-refractivity contribution is 5.81. The standard InChI is InChI=1S/C27H51N6O3/c1-7-10-14-29(6)26(35)22-32-20-19-30(24-32)15-13-16-31(21-25(34)28(4)5)23-27(36)33(17-11-8-2)18-12-9-3/h19-20,24H,7-18,21-23H2,1-6H3/q+1. The van der Waals surface area contributed by atoms with E-state index < -0.39 is 0 Å². The minimum atomic E-state index is 0.000905. The van der Waals surface area contributed by atoms with Gasteiger partial charge in [0.2, 0.25) is 18.1 Å². The second-order valence-electron chi connectivity index (χ2n) is 9.93. The maximum absolute atomic E-state index is 13.1. The normalized spacial score (nSPS) is 11.1. The maximum atomic E-state index is 13.1. The van der Waals surface area contributed by atoms with Crippen LogP contribution in [-0.2, 0) is 27.5 Å². The molecule has 0 aliphatic carbocycles. The van der Waals surface area contributed by atoms with Crippen LogP contribution in [0.4, 0.5) is 0 Å². The van der Waals surface area contributed by atoms with Gasteiger partial charge in [0.05, 0.1) is 19.6 Å². The molecule has 0 aromatic carbocycles. The number of aryl methyl sites for hydroxylation is 1. The van der Waals surface area contributed by atoms with Crippen LogP contribution < -0.4 is 4.57 Å². The van der Waals surface area contributed by atoms with Crippen molar-refractivity contribution in [1.29, 1.82) is 0 Å². The molecule has 0 fully saturated rings. The van der Waals surface area contributed by atoms with E-state index in [1.54, 1.807) is 23.9 Å². The lowest BCUT2D eigenvalue weighted by Gasteiger charge is -2.28. The van der Waals surface area contributed by atoms with Gasteiger partial charge in [-0.15, -0.1) is 0 Å². The smallest absolute Gasteiger partial charge is 0.264 e. The topological polar surface area (TPSA) is 73.0 Å². The zero-order valence-electron chi connectivity index (χ0n) is 23.7. The summed E-state index contributed by atoms with van der Waals surface area (Å²) in [4.78, 5) is 45.2. The second kappa shape index (κ2) is 17.9. The number of nitrogens with zero attached hydrogens (tertiary/aromatic N) is 6. The number of carbonyl (C=O) groups excluding carboxylic acids is 3. The van der Waals surface area contributed by atoms with Gasteiger partial charge < -0.3 is 14.7 Å². The lowest BCUT2D eigenvalue weighted by Crippen LogP contribution is -2.45. The van der Waals surface area contributed by atoms with Gasteiger partial charge in [0.15, 0.2) is 6.54 Å². The van der Waals surface area contributed by atoms with Gasteiger partial charge in [0, 0.05) is 47.3 Å². The summed E-state index contributed by atoms with van der Waals surface area (Å²) in [6.45, 7) is 11.0. The van der Waals surface area contributed by atoms with Crippen LogP contribution >= 0.6 is 0 Å². The fourth-order valence-corrected chi connectivity index (χ4v) is 3.84. The third-order valence-electron chi connectivity index (χ3n) is 6.36. The first kappa shape index (κ1) is 31.6. The Morgan fingerprint density at radius 3 is 1.92 bits per heavy atom. The van der Waals surface area contributed by atoms with Crippen LogP contribution in [0.3, 0.4) is 0 Å². The van der Waals surface area contributed by atoms with Crippen LogP contribution in [0.2, 0.25) is 0 Å². The van der Waals surface area contributed by atoms with E-state index in [4.69, 9.17) is 0 Å². The molecule has 0 radical (unpaired) electrons. The second-order valence-corrected chi connectivity index (χ2v) is 9.93. The molecule has 1 aromatic heterocycles. The van der Waals surface area contributed by atoms with Crippen molar-refractivity contribution < 1.29 is 19.0 Å². The summed E-state index contributed by atoms with van der Waals surface area (Å²) in [7, 11) is 5.35. The molecule has 0 bridgehead atoms. The van der Waals surface area contributed by atoms with Crippen molar-refractivity contribution >= 4 is 17.7 Å². The number of hydrogen-bond donors (Lipinski definition) is 0. The van der Waals surface area contributed by atoms with Gasteiger partial charge in [-0.3, -0.25) is 19.3 Å². The summed E-state index contributed by atoms with van der Waals surface area (Å²) in [5.74, 6) is 0.211. The predicted molar refractivity (Wildman–Crippen MR) is 143 cm³/mol. The SMILES string of the molecule is CCCCN(C)C(=O)Cn1cc[n+](CCCN(CC(=O)N(C)C)CC(=O)N(CCCC)CCCC)c1. The molecule has 36 heavy (non-hydrogen) atoms. The van der Waals surface area contributed by atoms with Crippen LogP contribution in [0.1, 0.15) is 65.7 Å². The van der Waals surface area contributed by atoms with Gasteiger partial charge >= 0.3 is 0 Å². The third-order valence-corrected chi connectivity index (χ3v) is 6.36. The van der Waals surface area contributed by atoms with Crippen LogP contribution in [0, 0.1) is 0 Å². The van der Waals surface area contributed by atoms with Crippen molar-refractivity contribution in [2.45, 2.75) is 78.8 Å². The Hall–Kier alpha value is -2.42. The Labute approximate surface area is 219 Å². The molecule has 0 aliphatic heterocycles. The number of amides is 3. The van der Waals surface area contributed by atoms with E-state index in [-0.39, 0.29) is 30.8 Å². The van der Waals surface area contributed by atoms with Crippen molar-refractivity contribution in [2.75, 3.05) is 60.4 Å². The van der Waals surface area contributed by atoms with Crippen LogP contribution in [0.15, 0.2) is 18.7 Å². The largest absolute Gasteiger partial charge is 0.348 e. The number of likely N-dealkylation sites (N-methyl/N-ethyl adjacent to an activating group) is 2. The molecule has 1 rings (SSSR count). The highest BCUT2D eigenvalue weighted by Gasteiger charge is 2.20. The summed E-state index contributed by atoms with van der Waals surface area (Å²) in [6.07, 6.45) is 12.8.